The minimum atomic E-state index is -0.309. The normalized spacial score (nSPS) is 10.5. The van der Waals surface area contributed by atoms with Crippen LogP contribution in [0, 0.1) is 20.8 Å². The molecule has 0 saturated heterocycles. The summed E-state index contributed by atoms with van der Waals surface area (Å²) in [6.07, 6.45) is 3.30. The number of benzene rings is 1. The van der Waals surface area contributed by atoms with Crippen molar-refractivity contribution in [3.8, 4) is 0 Å². The number of anilines is 1. The third-order valence-electron chi connectivity index (χ3n) is 4.45. The van der Waals surface area contributed by atoms with E-state index in [9.17, 15) is 9.59 Å². The van der Waals surface area contributed by atoms with Gasteiger partial charge < -0.3 is 10.2 Å². The molecule has 0 spiro atoms. The summed E-state index contributed by atoms with van der Waals surface area (Å²) in [5.74, 6) is -0.104. The quantitative estimate of drug-likeness (QED) is 0.645. The molecule has 0 bridgehead atoms. The van der Waals surface area contributed by atoms with E-state index in [-0.39, 0.29) is 18.4 Å². The Morgan fingerprint density at radius 1 is 1.00 bits per heavy atom. The van der Waals surface area contributed by atoms with Crippen LogP contribution in [-0.2, 0) is 4.79 Å². The lowest BCUT2D eigenvalue weighted by molar-refractivity contribution is -0.116. The van der Waals surface area contributed by atoms with Crippen molar-refractivity contribution in [1.29, 1.82) is 0 Å². The minimum Gasteiger partial charge on any atom is -0.332 e. The van der Waals surface area contributed by atoms with Gasteiger partial charge in [0.2, 0.25) is 5.91 Å². The molecule has 3 rings (SSSR count). The number of hydrogen-bond acceptors (Lipinski definition) is 5. The monoisotopic (exact) mass is 420 g/mol. The molecule has 0 atom stereocenters. The van der Waals surface area contributed by atoms with Gasteiger partial charge in [-0.2, -0.15) is 0 Å². The van der Waals surface area contributed by atoms with Crippen molar-refractivity contribution in [3.05, 3.63) is 77.1 Å². The van der Waals surface area contributed by atoms with Gasteiger partial charge in [-0.15, -0.1) is 0 Å². The fraction of sp³-hybridized carbons (Fsp3) is 0.217. The second-order valence-electron chi connectivity index (χ2n) is 7.15. The molecular formula is C23H24N4O2S. The summed E-state index contributed by atoms with van der Waals surface area (Å²) >= 11 is 1.45. The SMILES string of the molecule is Cc1ccnc(NC(=O)CN(C)C(=O)c2cccnc2Sc2ccc(C)cc2C)c1. The lowest BCUT2D eigenvalue weighted by Gasteiger charge is -2.18. The van der Waals surface area contributed by atoms with Gasteiger partial charge >= 0.3 is 0 Å². The van der Waals surface area contributed by atoms with E-state index in [2.05, 4.69) is 21.4 Å². The van der Waals surface area contributed by atoms with Crippen LogP contribution in [-0.4, -0.2) is 40.3 Å². The Balaban J connectivity index is 1.72. The van der Waals surface area contributed by atoms with E-state index in [1.54, 1.807) is 37.6 Å². The van der Waals surface area contributed by atoms with Crippen LogP contribution in [0.3, 0.4) is 0 Å². The predicted molar refractivity (Wildman–Crippen MR) is 119 cm³/mol. The maximum atomic E-state index is 13.0. The molecule has 154 valence electrons. The molecule has 0 unspecified atom stereocenters. The van der Waals surface area contributed by atoms with Crippen molar-refractivity contribution in [2.45, 2.75) is 30.7 Å². The number of nitrogens with one attached hydrogen (secondary N) is 1. The average molecular weight is 421 g/mol. The molecule has 1 N–H and O–H groups in total. The van der Waals surface area contributed by atoms with Gasteiger partial charge in [-0.3, -0.25) is 9.59 Å². The topological polar surface area (TPSA) is 75.2 Å². The number of aryl methyl sites for hydroxylation is 3. The number of carbonyl (C=O) groups is 2. The zero-order chi connectivity index (χ0) is 21.7. The summed E-state index contributed by atoms with van der Waals surface area (Å²) in [7, 11) is 1.60. The Bertz CT molecular complexity index is 1080. The van der Waals surface area contributed by atoms with Crippen molar-refractivity contribution in [1.82, 2.24) is 14.9 Å². The molecule has 6 nitrogen and oxygen atoms in total. The highest BCUT2D eigenvalue weighted by Gasteiger charge is 2.20. The summed E-state index contributed by atoms with van der Waals surface area (Å²) in [6.45, 7) is 5.92. The van der Waals surface area contributed by atoms with Crippen LogP contribution >= 0.6 is 11.8 Å². The van der Waals surface area contributed by atoms with E-state index in [1.807, 2.05) is 39.0 Å². The van der Waals surface area contributed by atoms with Crippen LogP contribution in [0.5, 0.6) is 0 Å². The van der Waals surface area contributed by atoms with E-state index in [0.717, 1.165) is 16.0 Å². The summed E-state index contributed by atoms with van der Waals surface area (Å²) in [5.41, 5.74) is 3.77. The van der Waals surface area contributed by atoms with E-state index in [1.165, 1.54) is 22.2 Å². The Morgan fingerprint density at radius 3 is 2.50 bits per heavy atom. The van der Waals surface area contributed by atoms with E-state index in [0.29, 0.717) is 16.4 Å². The van der Waals surface area contributed by atoms with E-state index >= 15 is 0 Å². The number of nitrogens with zero attached hydrogens (tertiary/aromatic N) is 3. The summed E-state index contributed by atoms with van der Waals surface area (Å²) in [5, 5.41) is 3.34. The predicted octanol–water partition coefficient (Wildman–Crippen LogP) is 4.26. The summed E-state index contributed by atoms with van der Waals surface area (Å²) in [6, 6.07) is 13.3. The Kier molecular flexibility index (Phi) is 6.84. The number of hydrogen-bond donors (Lipinski definition) is 1. The molecule has 0 fully saturated rings. The van der Waals surface area contributed by atoms with Crippen molar-refractivity contribution in [2.24, 2.45) is 0 Å². The number of amides is 2. The fourth-order valence-corrected chi connectivity index (χ4v) is 3.88. The maximum absolute atomic E-state index is 13.0. The van der Waals surface area contributed by atoms with Crippen molar-refractivity contribution in [3.63, 3.8) is 0 Å². The zero-order valence-corrected chi connectivity index (χ0v) is 18.3. The van der Waals surface area contributed by atoms with Gasteiger partial charge in [0.15, 0.2) is 0 Å². The average Bonchev–Trinajstić information content (AvgIpc) is 2.70. The summed E-state index contributed by atoms with van der Waals surface area (Å²) in [4.78, 5) is 36.3. The minimum absolute atomic E-state index is 0.0863. The summed E-state index contributed by atoms with van der Waals surface area (Å²) < 4.78 is 0. The van der Waals surface area contributed by atoms with E-state index < -0.39 is 0 Å². The standard InChI is InChI=1S/C23H24N4O2S/c1-15-7-8-19(17(3)12-15)30-22-18(6-5-10-25-22)23(29)27(4)14-21(28)26-20-13-16(2)9-11-24-20/h5-13H,14H2,1-4H3,(H,24,26,28). The van der Waals surface area contributed by atoms with Crippen LogP contribution in [0.25, 0.3) is 0 Å². The van der Waals surface area contributed by atoms with Crippen LogP contribution in [0.15, 0.2) is 64.8 Å². The lowest BCUT2D eigenvalue weighted by atomic mass is 10.2. The third kappa shape index (κ3) is 5.45. The molecule has 2 amide bonds. The van der Waals surface area contributed by atoms with Gasteiger partial charge in [-0.25, -0.2) is 9.97 Å². The van der Waals surface area contributed by atoms with E-state index in [4.69, 9.17) is 0 Å². The first-order valence-electron chi connectivity index (χ1n) is 9.51. The van der Waals surface area contributed by atoms with Gasteiger partial charge in [-0.1, -0.05) is 29.5 Å². The maximum Gasteiger partial charge on any atom is 0.256 e. The largest absolute Gasteiger partial charge is 0.332 e. The molecule has 0 aliphatic rings. The fourth-order valence-electron chi connectivity index (χ4n) is 2.93. The van der Waals surface area contributed by atoms with Crippen molar-refractivity contribution >= 4 is 29.4 Å². The van der Waals surface area contributed by atoms with Gasteiger partial charge in [0.25, 0.3) is 5.91 Å². The highest BCUT2D eigenvalue weighted by molar-refractivity contribution is 7.99. The Morgan fingerprint density at radius 2 is 1.77 bits per heavy atom. The smallest absolute Gasteiger partial charge is 0.256 e. The number of rotatable bonds is 6. The second kappa shape index (κ2) is 9.54. The zero-order valence-electron chi connectivity index (χ0n) is 17.5. The first kappa shape index (κ1) is 21.5. The number of pyridine rings is 2. The number of carbonyl (C=O) groups excluding carboxylic acids is 2. The Hall–Kier alpha value is -3.19. The molecular weight excluding hydrogens is 396 g/mol. The molecule has 30 heavy (non-hydrogen) atoms. The number of aromatic nitrogens is 2. The van der Waals surface area contributed by atoms with Gasteiger partial charge in [0.1, 0.15) is 10.8 Å². The van der Waals surface area contributed by atoms with Crippen LogP contribution in [0.4, 0.5) is 5.82 Å². The molecule has 2 heterocycles. The molecule has 2 aromatic heterocycles. The molecule has 0 aliphatic heterocycles. The third-order valence-corrected chi connectivity index (χ3v) is 5.65. The molecule has 3 aromatic rings. The first-order chi connectivity index (χ1) is 14.3. The Labute approximate surface area is 180 Å². The molecule has 1 aromatic carbocycles. The van der Waals surface area contributed by atoms with Gasteiger partial charge in [-0.05, 0) is 62.2 Å². The van der Waals surface area contributed by atoms with Crippen LogP contribution < -0.4 is 5.32 Å². The molecule has 0 aliphatic carbocycles. The lowest BCUT2D eigenvalue weighted by Crippen LogP contribution is -2.35. The molecule has 7 heteroatoms. The number of likely N-dealkylation sites (N-methyl/N-ethyl adjacent to an activating group) is 1. The van der Waals surface area contributed by atoms with Gasteiger partial charge in [0, 0.05) is 24.3 Å². The highest BCUT2D eigenvalue weighted by Crippen LogP contribution is 2.31. The van der Waals surface area contributed by atoms with Crippen molar-refractivity contribution < 1.29 is 9.59 Å². The van der Waals surface area contributed by atoms with Crippen molar-refractivity contribution in [2.75, 3.05) is 18.9 Å². The molecule has 0 radical (unpaired) electrons. The van der Waals surface area contributed by atoms with Crippen LogP contribution in [0.1, 0.15) is 27.0 Å². The highest BCUT2D eigenvalue weighted by atomic mass is 32.2. The molecule has 0 saturated carbocycles. The van der Waals surface area contributed by atoms with Gasteiger partial charge in [0.05, 0.1) is 12.1 Å². The first-order valence-corrected chi connectivity index (χ1v) is 10.3. The second-order valence-corrected chi connectivity index (χ2v) is 8.19. The van der Waals surface area contributed by atoms with Crippen LogP contribution in [0.2, 0.25) is 0 Å².